The first-order valence-corrected chi connectivity index (χ1v) is 12.3. The number of β-amino-alcohol motifs (C(OH)–C–C–N with tert-alkyl or cyclic N) is 1. The number of halogens is 4. The number of likely N-dealkylation sites (tertiary alicyclic amines) is 1. The van der Waals surface area contributed by atoms with Gasteiger partial charge in [-0.2, -0.15) is 13.2 Å². The van der Waals surface area contributed by atoms with E-state index in [2.05, 4.69) is 9.88 Å². The summed E-state index contributed by atoms with van der Waals surface area (Å²) in [5.41, 5.74) is -0.894. The lowest BCUT2D eigenvalue weighted by molar-refractivity contribution is -0.137. The third kappa shape index (κ3) is 5.54. The number of nitrogens with zero attached hydrogens (tertiary/aromatic N) is 1. The Morgan fingerprint density at radius 3 is 2.56 bits per heavy atom. The van der Waals surface area contributed by atoms with Crippen molar-refractivity contribution in [3.05, 3.63) is 57.3 Å². The molecule has 3 N–H and O–H groups in total. The Morgan fingerprint density at radius 1 is 1.12 bits per heavy atom. The largest absolute Gasteiger partial charge is 0.507 e. The molecule has 0 bridgehead atoms. The number of aromatic amines is 1. The Hall–Kier alpha value is -2.20. The molecule has 10 heteroatoms. The van der Waals surface area contributed by atoms with Gasteiger partial charge >= 0.3 is 6.18 Å². The number of piperidine rings is 1. The zero-order valence-electron chi connectivity index (χ0n) is 18.2. The number of aromatic hydroxyl groups is 1. The maximum atomic E-state index is 13.5. The Kier molecular flexibility index (Phi) is 7.47. The fourth-order valence-corrected chi connectivity index (χ4v) is 5.42. The Morgan fingerprint density at radius 2 is 1.85 bits per heavy atom. The van der Waals surface area contributed by atoms with E-state index in [-0.39, 0.29) is 43.5 Å². The van der Waals surface area contributed by atoms with E-state index in [1.807, 2.05) is 0 Å². The normalized spacial score (nSPS) is 16.1. The van der Waals surface area contributed by atoms with E-state index in [0.717, 1.165) is 49.8 Å². The molecule has 3 aromatic rings. The van der Waals surface area contributed by atoms with Crippen molar-refractivity contribution in [3.63, 3.8) is 0 Å². The van der Waals surface area contributed by atoms with Gasteiger partial charge in [0.2, 0.25) is 0 Å². The summed E-state index contributed by atoms with van der Waals surface area (Å²) in [6.07, 6.45) is -2.01. The number of pyridine rings is 1. The number of aromatic nitrogens is 1. The van der Waals surface area contributed by atoms with Crippen molar-refractivity contribution in [3.8, 4) is 16.9 Å². The minimum atomic E-state index is -4.59. The van der Waals surface area contributed by atoms with Crippen LogP contribution in [0.4, 0.5) is 13.2 Å². The Labute approximate surface area is 203 Å². The predicted octanol–water partition coefficient (Wildman–Crippen LogP) is 5.51. The smallest absolute Gasteiger partial charge is 0.416 e. The summed E-state index contributed by atoms with van der Waals surface area (Å²) in [4.78, 5) is 17.9. The maximum Gasteiger partial charge on any atom is 0.416 e. The van der Waals surface area contributed by atoms with Crippen LogP contribution in [0.15, 0.2) is 46.1 Å². The molecule has 4 rings (SSSR count). The molecule has 2 aromatic carbocycles. The number of alkyl halides is 3. The number of aliphatic hydroxyl groups excluding tert-OH is 1. The lowest BCUT2D eigenvalue weighted by Crippen LogP contribution is -2.37. The van der Waals surface area contributed by atoms with Crippen LogP contribution in [-0.2, 0) is 6.18 Å². The number of phenols is 1. The van der Waals surface area contributed by atoms with Crippen molar-refractivity contribution in [2.75, 3.05) is 25.4 Å². The highest BCUT2D eigenvalue weighted by molar-refractivity contribution is 7.99. The van der Waals surface area contributed by atoms with Crippen LogP contribution in [-0.4, -0.2) is 51.6 Å². The van der Waals surface area contributed by atoms with E-state index < -0.39 is 23.4 Å². The molecular weight excluding hydrogens is 489 g/mol. The van der Waals surface area contributed by atoms with Crippen LogP contribution < -0.4 is 5.56 Å². The Balaban J connectivity index is 1.79. The lowest BCUT2D eigenvalue weighted by atomic mass is 9.98. The summed E-state index contributed by atoms with van der Waals surface area (Å²) in [5.74, 6) is -0.0531. The molecule has 1 aliphatic rings. The van der Waals surface area contributed by atoms with Crippen molar-refractivity contribution in [1.82, 2.24) is 9.88 Å². The number of thioether (sulfide) groups is 1. The van der Waals surface area contributed by atoms with Crippen LogP contribution >= 0.6 is 23.4 Å². The van der Waals surface area contributed by atoms with Gasteiger partial charge in [0.05, 0.1) is 16.6 Å². The summed E-state index contributed by atoms with van der Waals surface area (Å²) >= 11 is 7.17. The monoisotopic (exact) mass is 512 g/mol. The quantitative estimate of drug-likeness (QED) is 0.380. The number of phenolic OH excluding ortho intramolecular Hbond substituents is 1. The average Bonchev–Trinajstić information content (AvgIpc) is 2.79. The SMILES string of the molecule is O=c1[nH]c2ccc(C(F)(F)F)cc2c(-c2cc(Cl)ccc2O)c1SCC(O)CN1CCCCC1. The highest BCUT2D eigenvalue weighted by Crippen LogP contribution is 2.42. The highest BCUT2D eigenvalue weighted by Gasteiger charge is 2.31. The third-order valence-electron chi connectivity index (χ3n) is 5.86. The number of H-pyrrole nitrogens is 1. The molecule has 0 spiro atoms. The summed E-state index contributed by atoms with van der Waals surface area (Å²) in [6.45, 7) is 2.26. The van der Waals surface area contributed by atoms with Crippen LogP contribution in [0.5, 0.6) is 5.75 Å². The van der Waals surface area contributed by atoms with Crippen LogP contribution in [0.2, 0.25) is 5.02 Å². The number of hydrogen-bond acceptors (Lipinski definition) is 5. The van der Waals surface area contributed by atoms with Crippen LogP contribution in [0.3, 0.4) is 0 Å². The first-order valence-electron chi connectivity index (χ1n) is 10.9. The minimum Gasteiger partial charge on any atom is -0.507 e. The Bertz CT molecular complexity index is 1240. The molecule has 34 heavy (non-hydrogen) atoms. The second-order valence-corrected chi connectivity index (χ2v) is 9.87. The third-order valence-corrected chi connectivity index (χ3v) is 7.33. The molecule has 0 radical (unpaired) electrons. The average molecular weight is 513 g/mol. The summed E-state index contributed by atoms with van der Waals surface area (Å²) in [5, 5.41) is 21.5. The van der Waals surface area contributed by atoms with Gasteiger partial charge in [-0.15, -0.1) is 11.8 Å². The van der Waals surface area contributed by atoms with Gasteiger partial charge in [0.25, 0.3) is 5.56 Å². The molecule has 182 valence electrons. The van der Waals surface area contributed by atoms with Crippen molar-refractivity contribution < 1.29 is 23.4 Å². The first-order chi connectivity index (χ1) is 16.1. The van der Waals surface area contributed by atoms with Gasteiger partial charge in [0.1, 0.15) is 5.75 Å². The van der Waals surface area contributed by atoms with Gasteiger partial charge in [-0.05, 0) is 62.3 Å². The molecule has 0 saturated carbocycles. The van der Waals surface area contributed by atoms with Gasteiger partial charge in [0.15, 0.2) is 0 Å². The number of rotatable bonds is 6. The number of fused-ring (bicyclic) bond motifs is 1. The number of hydrogen-bond donors (Lipinski definition) is 3. The first kappa shape index (κ1) is 24.9. The summed E-state index contributed by atoms with van der Waals surface area (Å²) < 4.78 is 40.4. The molecular formula is C24H24ClF3N2O3S. The van der Waals surface area contributed by atoms with E-state index >= 15 is 0 Å². The van der Waals surface area contributed by atoms with E-state index in [4.69, 9.17) is 11.6 Å². The maximum absolute atomic E-state index is 13.5. The molecule has 1 fully saturated rings. The van der Waals surface area contributed by atoms with E-state index in [1.54, 1.807) is 0 Å². The van der Waals surface area contributed by atoms with Crippen molar-refractivity contribution in [2.24, 2.45) is 0 Å². The lowest BCUT2D eigenvalue weighted by Gasteiger charge is -2.28. The van der Waals surface area contributed by atoms with E-state index in [1.165, 1.54) is 30.7 Å². The highest BCUT2D eigenvalue weighted by atomic mass is 35.5. The second kappa shape index (κ2) is 10.2. The fourth-order valence-electron chi connectivity index (χ4n) is 4.24. The predicted molar refractivity (Wildman–Crippen MR) is 129 cm³/mol. The molecule has 1 atom stereocenters. The second-order valence-electron chi connectivity index (χ2n) is 8.40. The van der Waals surface area contributed by atoms with Crippen LogP contribution in [0, 0.1) is 0 Å². The molecule has 5 nitrogen and oxygen atoms in total. The van der Waals surface area contributed by atoms with Crippen molar-refractivity contribution >= 4 is 34.3 Å². The van der Waals surface area contributed by atoms with E-state index in [0.29, 0.717) is 6.54 Å². The number of nitrogens with one attached hydrogen (secondary N) is 1. The van der Waals surface area contributed by atoms with Crippen LogP contribution in [0.25, 0.3) is 22.0 Å². The summed E-state index contributed by atoms with van der Waals surface area (Å²) in [6, 6.07) is 7.25. The molecule has 1 saturated heterocycles. The molecule has 0 aliphatic carbocycles. The zero-order valence-corrected chi connectivity index (χ0v) is 19.7. The van der Waals surface area contributed by atoms with Crippen molar-refractivity contribution in [1.29, 1.82) is 0 Å². The van der Waals surface area contributed by atoms with Gasteiger partial charge < -0.3 is 20.1 Å². The van der Waals surface area contributed by atoms with Gasteiger partial charge in [-0.3, -0.25) is 4.79 Å². The standard InChI is InChI=1S/C24H24ClF3N2O3S/c25-15-5-7-20(32)18(11-15)21-17-10-14(24(26,27)28)4-6-19(17)29-23(33)22(21)34-13-16(31)12-30-8-2-1-3-9-30/h4-7,10-11,16,31-32H,1-3,8-9,12-13H2,(H,29,33). The minimum absolute atomic E-state index is 0.113. The number of aliphatic hydroxyl groups is 1. The van der Waals surface area contributed by atoms with Gasteiger partial charge in [-0.1, -0.05) is 18.0 Å². The molecule has 0 amide bonds. The zero-order chi connectivity index (χ0) is 24.5. The molecule has 2 heterocycles. The van der Waals surface area contributed by atoms with Gasteiger partial charge in [-0.25, -0.2) is 0 Å². The van der Waals surface area contributed by atoms with Crippen molar-refractivity contribution in [2.45, 2.75) is 36.4 Å². The summed E-state index contributed by atoms with van der Waals surface area (Å²) in [7, 11) is 0. The number of benzene rings is 2. The fraction of sp³-hybridized carbons (Fsp3) is 0.375. The molecule has 1 aliphatic heterocycles. The molecule has 1 aromatic heterocycles. The van der Waals surface area contributed by atoms with E-state index in [9.17, 15) is 28.2 Å². The topological polar surface area (TPSA) is 76.6 Å². The van der Waals surface area contributed by atoms with Gasteiger partial charge in [0, 0.05) is 39.4 Å². The van der Waals surface area contributed by atoms with Crippen LogP contribution in [0.1, 0.15) is 24.8 Å². The molecule has 1 unspecified atom stereocenters.